The van der Waals surface area contributed by atoms with Crippen LogP contribution >= 0.6 is 0 Å². The highest BCUT2D eigenvalue weighted by Gasteiger charge is 2.37. The Hall–Kier alpha value is -2.51. The number of nitrogens with one attached hydrogen (secondary N) is 1. The van der Waals surface area contributed by atoms with Crippen LogP contribution in [0.25, 0.3) is 0 Å². The van der Waals surface area contributed by atoms with E-state index in [-0.39, 0.29) is 11.8 Å². The summed E-state index contributed by atoms with van der Waals surface area (Å²) < 4.78 is 77.0. The van der Waals surface area contributed by atoms with Crippen LogP contribution in [-0.4, -0.2) is 5.91 Å². The zero-order chi connectivity index (χ0) is 18.8. The summed E-state index contributed by atoms with van der Waals surface area (Å²) in [5.74, 6) is -1.05. The highest BCUT2D eigenvalue weighted by molar-refractivity contribution is 6.04. The monoisotopic (exact) mass is 361 g/mol. The van der Waals surface area contributed by atoms with Crippen molar-refractivity contribution in [2.45, 2.75) is 25.7 Å². The number of carbonyl (C=O) groups is 1. The third-order valence-corrected chi connectivity index (χ3v) is 3.44. The minimum Gasteiger partial charge on any atom is -0.322 e. The predicted octanol–water partition coefficient (Wildman–Crippen LogP) is 5.54. The van der Waals surface area contributed by atoms with Gasteiger partial charge in [0.15, 0.2) is 0 Å². The van der Waals surface area contributed by atoms with Gasteiger partial charge in [-0.25, -0.2) is 0 Å². The van der Waals surface area contributed by atoms with Crippen molar-refractivity contribution in [3.63, 3.8) is 0 Å². The van der Waals surface area contributed by atoms with Crippen LogP contribution in [0.5, 0.6) is 0 Å². The molecule has 2 aromatic rings. The number of rotatable bonds is 3. The SMILES string of the molecule is CCc1cccc(NC(=O)c2cc(C(F)(F)F)cc(C(F)(F)F)c2)c1. The molecule has 1 N–H and O–H groups in total. The van der Waals surface area contributed by atoms with E-state index in [4.69, 9.17) is 0 Å². The van der Waals surface area contributed by atoms with Crippen molar-refractivity contribution in [3.05, 3.63) is 64.7 Å². The molecule has 0 aliphatic rings. The molecule has 0 radical (unpaired) electrons. The topological polar surface area (TPSA) is 29.1 Å². The summed E-state index contributed by atoms with van der Waals surface area (Å²) in [5.41, 5.74) is -2.64. The molecule has 0 saturated carbocycles. The van der Waals surface area contributed by atoms with Crippen LogP contribution in [0.1, 0.15) is 34.0 Å². The van der Waals surface area contributed by atoms with Crippen molar-refractivity contribution < 1.29 is 31.1 Å². The fourth-order valence-electron chi connectivity index (χ4n) is 2.16. The van der Waals surface area contributed by atoms with Crippen molar-refractivity contribution in [2.75, 3.05) is 5.32 Å². The van der Waals surface area contributed by atoms with Crippen LogP contribution in [-0.2, 0) is 18.8 Å². The number of benzene rings is 2. The first-order valence-electron chi connectivity index (χ1n) is 7.20. The molecule has 0 atom stereocenters. The molecule has 134 valence electrons. The summed E-state index contributed by atoms with van der Waals surface area (Å²) in [7, 11) is 0. The molecular weight excluding hydrogens is 348 g/mol. The summed E-state index contributed by atoms with van der Waals surface area (Å²) in [6.07, 6.45) is -9.34. The standard InChI is InChI=1S/C17H13F6NO/c1-2-10-4-3-5-14(6-10)24-15(25)11-7-12(16(18,19)20)9-13(8-11)17(21,22)23/h3-9H,2H2,1H3,(H,24,25). The van der Waals surface area contributed by atoms with Gasteiger partial charge in [0.1, 0.15) is 0 Å². The lowest BCUT2D eigenvalue weighted by Crippen LogP contribution is -2.17. The molecule has 0 aliphatic carbocycles. The zero-order valence-corrected chi connectivity index (χ0v) is 12.9. The third kappa shape index (κ3) is 4.74. The van der Waals surface area contributed by atoms with Gasteiger partial charge < -0.3 is 5.32 Å². The van der Waals surface area contributed by atoms with Gasteiger partial charge in [-0.05, 0) is 42.3 Å². The van der Waals surface area contributed by atoms with Gasteiger partial charge in [-0.2, -0.15) is 26.3 Å². The Balaban J connectivity index is 2.41. The first-order valence-corrected chi connectivity index (χ1v) is 7.20. The minimum atomic E-state index is -5.00. The highest BCUT2D eigenvalue weighted by atomic mass is 19.4. The van der Waals surface area contributed by atoms with Crippen molar-refractivity contribution in [2.24, 2.45) is 0 Å². The van der Waals surface area contributed by atoms with Crippen LogP contribution in [0.3, 0.4) is 0 Å². The number of halogens is 6. The molecule has 0 spiro atoms. The van der Waals surface area contributed by atoms with E-state index in [9.17, 15) is 31.1 Å². The molecule has 1 amide bonds. The molecule has 0 fully saturated rings. The summed E-state index contributed by atoms with van der Waals surface area (Å²) in [5, 5.41) is 2.32. The highest BCUT2D eigenvalue weighted by Crippen LogP contribution is 2.36. The fourth-order valence-corrected chi connectivity index (χ4v) is 2.16. The van der Waals surface area contributed by atoms with E-state index in [1.54, 1.807) is 18.2 Å². The lowest BCUT2D eigenvalue weighted by Gasteiger charge is -2.14. The van der Waals surface area contributed by atoms with Gasteiger partial charge in [-0.3, -0.25) is 4.79 Å². The van der Waals surface area contributed by atoms with Gasteiger partial charge in [0, 0.05) is 11.3 Å². The van der Waals surface area contributed by atoms with Gasteiger partial charge in [-0.1, -0.05) is 19.1 Å². The molecule has 0 aliphatic heterocycles. The molecule has 0 bridgehead atoms. The maximum absolute atomic E-state index is 12.8. The van der Waals surface area contributed by atoms with Crippen molar-refractivity contribution >= 4 is 11.6 Å². The van der Waals surface area contributed by atoms with E-state index < -0.39 is 35.0 Å². The van der Waals surface area contributed by atoms with Gasteiger partial charge in [0.25, 0.3) is 5.91 Å². The summed E-state index contributed by atoms with van der Waals surface area (Å²) in [6, 6.07) is 7.27. The van der Waals surface area contributed by atoms with Crippen LogP contribution in [0.2, 0.25) is 0 Å². The maximum Gasteiger partial charge on any atom is 0.416 e. The second-order valence-electron chi connectivity index (χ2n) is 5.30. The molecule has 8 heteroatoms. The van der Waals surface area contributed by atoms with Crippen molar-refractivity contribution in [1.29, 1.82) is 0 Å². The quantitative estimate of drug-likeness (QED) is 0.715. The molecule has 2 aromatic carbocycles. The molecule has 0 heterocycles. The Labute approximate surface area is 139 Å². The van der Waals surface area contributed by atoms with Gasteiger partial charge in [0.2, 0.25) is 0 Å². The Morgan fingerprint density at radius 3 is 1.96 bits per heavy atom. The number of alkyl halides is 6. The Morgan fingerprint density at radius 2 is 1.48 bits per heavy atom. The number of hydrogen-bond donors (Lipinski definition) is 1. The Bertz CT molecular complexity index is 747. The molecule has 0 saturated heterocycles. The van der Waals surface area contributed by atoms with Crippen LogP contribution in [0, 0.1) is 0 Å². The van der Waals surface area contributed by atoms with Crippen molar-refractivity contribution in [1.82, 2.24) is 0 Å². The van der Waals surface area contributed by atoms with Crippen LogP contribution in [0.15, 0.2) is 42.5 Å². The normalized spacial score (nSPS) is 12.1. The smallest absolute Gasteiger partial charge is 0.322 e. The average Bonchev–Trinajstić information content (AvgIpc) is 2.53. The van der Waals surface area contributed by atoms with E-state index in [1.807, 2.05) is 6.92 Å². The van der Waals surface area contributed by atoms with Crippen molar-refractivity contribution in [3.8, 4) is 0 Å². The van der Waals surface area contributed by atoms with Gasteiger partial charge in [0.05, 0.1) is 11.1 Å². The van der Waals surface area contributed by atoms with Crippen LogP contribution < -0.4 is 5.32 Å². The molecule has 0 aromatic heterocycles. The lowest BCUT2D eigenvalue weighted by molar-refractivity contribution is -0.143. The first kappa shape index (κ1) is 18.8. The number of hydrogen-bond acceptors (Lipinski definition) is 1. The Kier molecular flexibility index (Phi) is 5.10. The summed E-state index contributed by atoms with van der Waals surface area (Å²) in [6.45, 7) is 1.86. The van der Waals surface area contributed by atoms with Gasteiger partial charge in [-0.15, -0.1) is 0 Å². The molecule has 2 rings (SSSR count). The van der Waals surface area contributed by atoms with Crippen LogP contribution in [0.4, 0.5) is 32.0 Å². The number of aryl methyl sites for hydroxylation is 1. The Morgan fingerprint density at radius 1 is 0.920 bits per heavy atom. The molecular formula is C17H13F6NO. The number of amides is 1. The minimum absolute atomic E-state index is 0.0194. The fraction of sp³-hybridized carbons (Fsp3) is 0.235. The molecule has 0 unspecified atom stereocenters. The van der Waals surface area contributed by atoms with E-state index in [1.165, 1.54) is 6.07 Å². The number of anilines is 1. The second kappa shape index (κ2) is 6.78. The van der Waals surface area contributed by atoms with E-state index in [2.05, 4.69) is 5.32 Å². The zero-order valence-electron chi connectivity index (χ0n) is 12.9. The maximum atomic E-state index is 12.8. The largest absolute Gasteiger partial charge is 0.416 e. The summed E-state index contributed by atoms with van der Waals surface area (Å²) in [4.78, 5) is 12.1. The first-order chi connectivity index (χ1) is 11.5. The predicted molar refractivity (Wildman–Crippen MR) is 80.2 cm³/mol. The molecule has 25 heavy (non-hydrogen) atoms. The van der Waals surface area contributed by atoms with E-state index >= 15 is 0 Å². The van der Waals surface area contributed by atoms with E-state index in [0.717, 1.165) is 5.56 Å². The number of carbonyl (C=O) groups excluding carboxylic acids is 1. The summed E-state index contributed by atoms with van der Waals surface area (Å²) >= 11 is 0. The van der Waals surface area contributed by atoms with Gasteiger partial charge >= 0.3 is 12.4 Å². The van der Waals surface area contributed by atoms with E-state index in [0.29, 0.717) is 18.6 Å². The third-order valence-electron chi connectivity index (χ3n) is 3.44. The second-order valence-corrected chi connectivity index (χ2v) is 5.30. The average molecular weight is 361 g/mol. The lowest BCUT2D eigenvalue weighted by atomic mass is 10.0. The molecule has 2 nitrogen and oxygen atoms in total.